The summed E-state index contributed by atoms with van der Waals surface area (Å²) < 4.78 is 39.3. The number of carbonyl (C=O) groups is 1. The quantitative estimate of drug-likeness (QED) is 0.621. The normalized spacial score (nSPS) is 11.4. The summed E-state index contributed by atoms with van der Waals surface area (Å²) in [4.78, 5) is 11.9. The van der Waals surface area contributed by atoms with Crippen molar-refractivity contribution in [3.8, 4) is 0 Å². The van der Waals surface area contributed by atoms with Crippen LogP contribution in [-0.4, -0.2) is 11.7 Å². The standard InChI is InChI=1S/C16H12BrClF3NOS/c17-11-3-1-2-10(6-11)8-24-9-15(23)22-12-4-5-14(18)13(7-12)16(19,20)21/h1-7H,8-9H2,(H,22,23). The molecule has 0 atom stereocenters. The lowest BCUT2D eigenvalue weighted by molar-refractivity contribution is -0.137. The largest absolute Gasteiger partial charge is 0.417 e. The van der Waals surface area contributed by atoms with Crippen LogP contribution in [0.2, 0.25) is 5.02 Å². The van der Waals surface area contributed by atoms with Crippen LogP contribution in [0.5, 0.6) is 0 Å². The molecule has 0 saturated carbocycles. The van der Waals surface area contributed by atoms with Crippen LogP contribution >= 0.6 is 39.3 Å². The Morgan fingerprint density at radius 1 is 1.21 bits per heavy atom. The molecule has 0 bridgehead atoms. The molecule has 1 N–H and O–H groups in total. The van der Waals surface area contributed by atoms with Crippen LogP contribution in [0.1, 0.15) is 11.1 Å². The summed E-state index contributed by atoms with van der Waals surface area (Å²) in [7, 11) is 0. The summed E-state index contributed by atoms with van der Waals surface area (Å²) in [5.41, 5.74) is 0.150. The van der Waals surface area contributed by atoms with Crippen molar-refractivity contribution >= 4 is 50.9 Å². The summed E-state index contributed by atoms with van der Waals surface area (Å²) in [6.45, 7) is 0. The molecule has 1 amide bonds. The Labute approximate surface area is 154 Å². The molecule has 0 spiro atoms. The first kappa shape index (κ1) is 19.1. The van der Waals surface area contributed by atoms with Gasteiger partial charge in [-0.15, -0.1) is 11.8 Å². The summed E-state index contributed by atoms with van der Waals surface area (Å²) in [6, 6.07) is 11.0. The number of thioether (sulfide) groups is 1. The van der Waals surface area contributed by atoms with E-state index in [0.29, 0.717) is 5.75 Å². The van der Waals surface area contributed by atoms with Gasteiger partial charge in [0, 0.05) is 15.9 Å². The van der Waals surface area contributed by atoms with Gasteiger partial charge in [0.1, 0.15) is 0 Å². The lowest BCUT2D eigenvalue weighted by atomic mass is 10.2. The molecule has 0 heterocycles. The second-order valence-corrected chi connectivity index (χ2v) is 7.17. The molecule has 0 aliphatic carbocycles. The fraction of sp³-hybridized carbons (Fsp3) is 0.188. The van der Waals surface area contributed by atoms with Crippen LogP contribution in [0.3, 0.4) is 0 Å². The van der Waals surface area contributed by atoms with Crippen molar-refractivity contribution in [1.82, 2.24) is 0 Å². The molecular weight excluding hydrogens is 427 g/mol. The maximum atomic E-state index is 12.8. The van der Waals surface area contributed by atoms with Crippen molar-refractivity contribution in [3.05, 3.63) is 63.1 Å². The third-order valence-electron chi connectivity index (χ3n) is 2.95. The minimum atomic E-state index is -4.56. The highest BCUT2D eigenvalue weighted by Crippen LogP contribution is 2.36. The van der Waals surface area contributed by atoms with Crippen LogP contribution in [0.15, 0.2) is 46.9 Å². The molecule has 24 heavy (non-hydrogen) atoms. The van der Waals surface area contributed by atoms with Gasteiger partial charge in [0.15, 0.2) is 0 Å². The van der Waals surface area contributed by atoms with Crippen LogP contribution in [0, 0.1) is 0 Å². The second kappa shape index (κ2) is 8.27. The maximum absolute atomic E-state index is 12.8. The van der Waals surface area contributed by atoms with Crippen LogP contribution in [0.4, 0.5) is 18.9 Å². The third-order valence-corrected chi connectivity index (χ3v) is 4.77. The predicted molar refractivity (Wildman–Crippen MR) is 95.4 cm³/mol. The van der Waals surface area contributed by atoms with E-state index < -0.39 is 16.8 Å². The number of hydrogen-bond acceptors (Lipinski definition) is 2. The first-order valence-corrected chi connectivity index (χ1v) is 9.07. The molecule has 8 heteroatoms. The van der Waals surface area contributed by atoms with Gasteiger partial charge in [-0.3, -0.25) is 4.79 Å². The van der Waals surface area contributed by atoms with Crippen molar-refractivity contribution in [1.29, 1.82) is 0 Å². The lowest BCUT2D eigenvalue weighted by Gasteiger charge is -2.11. The third kappa shape index (κ3) is 5.72. The Hall–Kier alpha value is -1.18. The first-order valence-electron chi connectivity index (χ1n) is 6.74. The summed E-state index contributed by atoms with van der Waals surface area (Å²) in [5.74, 6) is 0.392. The fourth-order valence-corrected chi connectivity index (χ4v) is 3.35. The first-order chi connectivity index (χ1) is 11.3. The maximum Gasteiger partial charge on any atom is 0.417 e. The smallest absolute Gasteiger partial charge is 0.325 e. The van der Waals surface area contributed by atoms with Gasteiger partial charge >= 0.3 is 6.18 Å². The molecule has 128 valence electrons. The minimum Gasteiger partial charge on any atom is -0.325 e. The predicted octanol–water partition coefficient (Wildman–Crippen LogP) is 5.99. The van der Waals surface area contributed by atoms with E-state index in [4.69, 9.17) is 11.6 Å². The van der Waals surface area contributed by atoms with Gasteiger partial charge in [-0.1, -0.05) is 39.7 Å². The van der Waals surface area contributed by atoms with E-state index in [-0.39, 0.29) is 17.3 Å². The Kier molecular flexibility index (Phi) is 6.60. The van der Waals surface area contributed by atoms with Gasteiger partial charge in [-0.05, 0) is 35.9 Å². The SMILES string of the molecule is O=C(CSCc1cccc(Br)c1)Nc1ccc(Cl)c(C(F)(F)F)c1. The number of anilines is 1. The minimum absolute atomic E-state index is 0.0692. The summed E-state index contributed by atoms with van der Waals surface area (Å²) in [6.07, 6.45) is -4.56. The van der Waals surface area contributed by atoms with Gasteiger partial charge in [0.25, 0.3) is 0 Å². The zero-order chi connectivity index (χ0) is 17.7. The average molecular weight is 439 g/mol. The Morgan fingerprint density at radius 2 is 1.96 bits per heavy atom. The number of alkyl halides is 3. The number of amides is 1. The topological polar surface area (TPSA) is 29.1 Å². The van der Waals surface area contributed by atoms with Crippen LogP contribution in [0.25, 0.3) is 0 Å². The molecule has 0 saturated heterocycles. The van der Waals surface area contributed by atoms with E-state index in [2.05, 4.69) is 21.2 Å². The molecule has 0 aromatic heterocycles. The van der Waals surface area contributed by atoms with Crippen LogP contribution < -0.4 is 5.32 Å². The number of halogens is 5. The van der Waals surface area contributed by atoms with E-state index in [1.54, 1.807) is 0 Å². The van der Waals surface area contributed by atoms with Gasteiger partial charge in [0.2, 0.25) is 5.91 Å². The fourth-order valence-electron chi connectivity index (χ4n) is 1.91. The number of rotatable bonds is 5. The Morgan fingerprint density at radius 3 is 2.62 bits per heavy atom. The van der Waals surface area contributed by atoms with Gasteiger partial charge in [-0.2, -0.15) is 13.2 Å². The molecule has 2 aromatic rings. The van der Waals surface area contributed by atoms with Gasteiger partial charge < -0.3 is 5.32 Å². The molecular formula is C16H12BrClF3NOS. The van der Waals surface area contributed by atoms with Gasteiger partial charge in [-0.25, -0.2) is 0 Å². The van der Waals surface area contributed by atoms with Crippen molar-refractivity contribution in [2.45, 2.75) is 11.9 Å². The number of nitrogens with one attached hydrogen (secondary N) is 1. The number of carbonyl (C=O) groups excluding carboxylic acids is 1. The molecule has 0 unspecified atom stereocenters. The van der Waals surface area contributed by atoms with Gasteiger partial charge in [0.05, 0.1) is 16.3 Å². The molecule has 0 radical (unpaired) electrons. The zero-order valence-electron chi connectivity index (χ0n) is 12.2. The Balaban J connectivity index is 1.91. The monoisotopic (exact) mass is 437 g/mol. The highest BCUT2D eigenvalue weighted by Gasteiger charge is 2.33. The summed E-state index contributed by atoms with van der Waals surface area (Å²) >= 11 is 10.3. The highest BCUT2D eigenvalue weighted by molar-refractivity contribution is 9.10. The summed E-state index contributed by atoms with van der Waals surface area (Å²) in [5, 5.41) is 2.05. The van der Waals surface area contributed by atoms with Crippen LogP contribution in [-0.2, 0) is 16.7 Å². The van der Waals surface area contributed by atoms with Crippen molar-refractivity contribution in [2.75, 3.05) is 11.1 Å². The lowest BCUT2D eigenvalue weighted by Crippen LogP contribution is -2.15. The van der Waals surface area contributed by atoms with Crippen molar-refractivity contribution < 1.29 is 18.0 Å². The highest BCUT2D eigenvalue weighted by atomic mass is 79.9. The van der Waals surface area contributed by atoms with E-state index in [0.717, 1.165) is 22.2 Å². The molecule has 0 aliphatic heterocycles. The molecule has 2 nitrogen and oxygen atoms in total. The molecule has 0 aliphatic rings. The van der Waals surface area contributed by atoms with Crippen molar-refractivity contribution in [2.24, 2.45) is 0 Å². The average Bonchev–Trinajstić information content (AvgIpc) is 2.48. The number of hydrogen-bond donors (Lipinski definition) is 1. The molecule has 2 rings (SSSR count). The molecule has 2 aromatic carbocycles. The molecule has 0 fully saturated rings. The number of benzene rings is 2. The van der Waals surface area contributed by atoms with Crippen molar-refractivity contribution in [3.63, 3.8) is 0 Å². The zero-order valence-corrected chi connectivity index (χ0v) is 15.3. The van der Waals surface area contributed by atoms with E-state index in [1.165, 1.54) is 17.8 Å². The van der Waals surface area contributed by atoms with E-state index in [9.17, 15) is 18.0 Å². The van der Waals surface area contributed by atoms with E-state index >= 15 is 0 Å². The second-order valence-electron chi connectivity index (χ2n) is 4.86. The Bertz CT molecular complexity index is 740. The van der Waals surface area contributed by atoms with E-state index in [1.807, 2.05) is 24.3 Å².